The molecule has 0 aliphatic carbocycles. The third-order valence-corrected chi connectivity index (χ3v) is 14.2. The van der Waals surface area contributed by atoms with Crippen molar-refractivity contribution in [2.24, 2.45) is 30.0 Å². The van der Waals surface area contributed by atoms with Crippen LogP contribution in [0.5, 0.6) is 0 Å². The molecule has 6 bridgehead atoms. The molecule has 232 valence electrons. The zero-order valence-electron chi connectivity index (χ0n) is 26.0. The van der Waals surface area contributed by atoms with E-state index in [0.29, 0.717) is 51.5 Å². The molecule has 0 fully saturated rings. The van der Waals surface area contributed by atoms with Gasteiger partial charge in [0.2, 0.25) is 0 Å². The summed E-state index contributed by atoms with van der Waals surface area (Å²) in [7, 11) is 0. The average Bonchev–Trinajstić information content (AvgIpc) is 3.87. The van der Waals surface area contributed by atoms with Crippen LogP contribution in [0.3, 0.4) is 0 Å². The standard InChI is InChI=1S/C32H16N8.C6H5NO2.Ga/c1-2-10-18-17(9-1)25-33-26(18)38-28-21-13-5-6-14-22(21)30(35-28)40-32-24-16-8-7-15-23(24)31(36-32)39-29-20-12-4-3-11-19(20)27(34-29)37-25;8-6(9)5-2-1-3-7-4-5;/h1-16H;1-4H,(H,8,9);/q-2;;+3/p-1. The van der Waals surface area contributed by atoms with Crippen LogP contribution in [-0.4, -0.2) is 57.9 Å². The van der Waals surface area contributed by atoms with Crippen LogP contribution in [0.15, 0.2) is 152 Å². The molecule has 0 unspecified atom stereocenters. The third kappa shape index (κ3) is 3.82. The summed E-state index contributed by atoms with van der Waals surface area (Å²) < 4.78 is 10.9. The molecule has 12 heteroatoms. The van der Waals surface area contributed by atoms with Gasteiger partial charge in [0.1, 0.15) is 0 Å². The normalized spacial score (nSPS) is 14.8. The summed E-state index contributed by atoms with van der Waals surface area (Å²) in [4.78, 5) is 49.7. The summed E-state index contributed by atoms with van der Waals surface area (Å²) in [5.41, 5.74) is 4.97. The molecule has 11 nitrogen and oxygen atoms in total. The first-order valence-electron chi connectivity index (χ1n) is 16.1. The number of nitrogens with zero attached hydrogens (tertiary/aromatic N) is 9. The first-order chi connectivity index (χ1) is 24.7. The van der Waals surface area contributed by atoms with Gasteiger partial charge in [-0.25, -0.2) is 0 Å². The number of pyridine rings is 1. The zero-order valence-corrected chi connectivity index (χ0v) is 28.4. The molecule has 7 heterocycles. The maximum absolute atomic E-state index is 14.2. The molecule has 4 aliphatic heterocycles. The summed E-state index contributed by atoms with van der Waals surface area (Å²) in [6.07, 6.45) is 3.14. The van der Waals surface area contributed by atoms with Crippen LogP contribution in [0, 0.1) is 0 Å². The molecular formula is C38H20GaN9O2. The van der Waals surface area contributed by atoms with Crippen LogP contribution in [0.2, 0.25) is 0 Å². The van der Waals surface area contributed by atoms with Crippen molar-refractivity contribution in [3.8, 4) is 0 Å². The molecule has 0 amide bonds. The van der Waals surface area contributed by atoms with Crippen molar-refractivity contribution in [2.75, 3.05) is 0 Å². The van der Waals surface area contributed by atoms with E-state index in [1.54, 1.807) is 18.3 Å². The monoisotopic (exact) mass is 703 g/mol. The van der Waals surface area contributed by atoms with Gasteiger partial charge < -0.3 is 0 Å². The Kier molecular flexibility index (Phi) is 5.63. The van der Waals surface area contributed by atoms with E-state index < -0.39 is 23.0 Å². The SMILES string of the molecule is O=C([O][Ga]1[n]2c3c4ccccc4c2N=C2N=C(N=c4c5ccccc5c([n]41)=NC1=NC(=N3)c3ccccc31)c1ccccc12)c1cccnc1. The Balaban J connectivity index is 1.38. The van der Waals surface area contributed by atoms with Gasteiger partial charge in [0.25, 0.3) is 0 Å². The number of amidine groups is 4. The number of fused-ring (bicyclic) bond motifs is 14. The van der Waals surface area contributed by atoms with E-state index in [1.807, 2.05) is 104 Å². The molecule has 11 rings (SSSR count). The molecular weight excluding hydrogens is 684 g/mol. The first-order valence-corrected chi connectivity index (χ1v) is 19.2. The van der Waals surface area contributed by atoms with E-state index in [2.05, 4.69) is 4.98 Å². The number of aliphatic imine (C=N–C) groups is 4. The predicted octanol–water partition coefficient (Wildman–Crippen LogP) is 5.17. The van der Waals surface area contributed by atoms with Crippen molar-refractivity contribution in [3.63, 3.8) is 0 Å². The summed E-state index contributed by atoms with van der Waals surface area (Å²) in [6.45, 7) is 0. The van der Waals surface area contributed by atoms with Gasteiger partial charge in [0.05, 0.1) is 0 Å². The van der Waals surface area contributed by atoms with Crippen LogP contribution < -0.4 is 11.0 Å². The Bertz CT molecular complexity index is 2770. The molecule has 0 radical (unpaired) electrons. The van der Waals surface area contributed by atoms with Crippen molar-refractivity contribution in [3.05, 3.63) is 160 Å². The van der Waals surface area contributed by atoms with Crippen molar-refractivity contribution in [2.45, 2.75) is 0 Å². The van der Waals surface area contributed by atoms with E-state index >= 15 is 0 Å². The summed E-state index contributed by atoms with van der Waals surface area (Å²) >= 11 is -4.06. The van der Waals surface area contributed by atoms with E-state index in [-0.39, 0.29) is 0 Å². The van der Waals surface area contributed by atoms with Crippen molar-refractivity contribution < 1.29 is 8.32 Å². The Labute approximate surface area is 288 Å². The molecule has 0 atom stereocenters. The third-order valence-electron chi connectivity index (χ3n) is 9.37. The Hall–Kier alpha value is -6.50. The average molecular weight is 704 g/mol. The van der Waals surface area contributed by atoms with Crippen molar-refractivity contribution in [1.82, 2.24) is 11.5 Å². The minimum absolute atomic E-state index is 0.335. The quantitative estimate of drug-likeness (QED) is 0.231. The first kappa shape index (κ1) is 27.4. The number of carbonyl (C=O) groups excluding carboxylic acids is 1. The number of carbonyl (C=O) groups is 1. The molecule has 0 saturated heterocycles. The fraction of sp³-hybridized carbons (Fsp3) is 0. The van der Waals surface area contributed by atoms with Crippen LogP contribution in [0.1, 0.15) is 32.6 Å². The van der Waals surface area contributed by atoms with Gasteiger partial charge in [0.15, 0.2) is 0 Å². The fourth-order valence-corrected chi connectivity index (χ4v) is 12.2. The number of hydrogen-bond acceptors (Lipinski definition) is 9. The second-order valence-corrected chi connectivity index (χ2v) is 16.2. The number of aromatic nitrogens is 3. The number of benzene rings is 4. The molecule has 3 aromatic heterocycles. The topological polar surface area (TPSA) is 123 Å². The Morgan fingerprint density at radius 1 is 0.500 bits per heavy atom. The molecule has 7 aromatic rings. The van der Waals surface area contributed by atoms with E-state index in [0.717, 1.165) is 43.8 Å². The summed E-state index contributed by atoms with van der Waals surface area (Å²) in [6, 6.07) is 35.3. The van der Waals surface area contributed by atoms with E-state index in [9.17, 15) is 4.79 Å². The van der Waals surface area contributed by atoms with Gasteiger partial charge in [-0.3, -0.25) is 0 Å². The van der Waals surface area contributed by atoms with Crippen LogP contribution in [0.4, 0.5) is 11.6 Å². The Morgan fingerprint density at radius 3 is 1.44 bits per heavy atom. The predicted molar refractivity (Wildman–Crippen MR) is 191 cm³/mol. The maximum atomic E-state index is 14.2. The van der Waals surface area contributed by atoms with Crippen LogP contribution in [0.25, 0.3) is 21.5 Å². The molecule has 50 heavy (non-hydrogen) atoms. The Morgan fingerprint density at radius 2 is 0.960 bits per heavy atom. The molecule has 0 spiro atoms. The summed E-state index contributed by atoms with van der Waals surface area (Å²) in [5, 5.41) is 3.38. The van der Waals surface area contributed by atoms with Gasteiger partial charge in [-0.15, -0.1) is 0 Å². The zero-order chi connectivity index (χ0) is 32.9. The van der Waals surface area contributed by atoms with Gasteiger partial charge >= 0.3 is 290 Å². The molecule has 0 N–H and O–H groups in total. The minimum atomic E-state index is -4.06. The van der Waals surface area contributed by atoms with Crippen LogP contribution >= 0.6 is 0 Å². The van der Waals surface area contributed by atoms with Crippen molar-refractivity contribution >= 4 is 79.6 Å². The second kappa shape index (κ2) is 10.2. The van der Waals surface area contributed by atoms with E-state index in [1.165, 1.54) is 6.20 Å². The van der Waals surface area contributed by atoms with Gasteiger partial charge in [-0.2, -0.15) is 0 Å². The second-order valence-electron chi connectivity index (χ2n) is 12.2. The summed E-state index contributed by atoms with van der Waals surface area (Å²) in [5.74, 6) is 2.77. The van der Waals surface area contributed by atoms with Gasteiger partial charge in [0, 0.05) is 0 Å². The fourth-order valence-electron chi connectivity index (χ4n) is 7.14. The van der Waals surface area contributed by atoms with Crippen molar-refractivity contribution in [1.29, 1.82) is 0 Å². The molecule has 0 saturated carbocycles. The van der Waals surface area contributed by atoms with Gasteiger partial charge in [-0.1, -0.05) is 0 Å². The van der Waals surface area contributed by atoms with E-state index in [4.69, 9.17) is 33.5 Å². The van der Waals surface area contributed by atoms with Gasteiger partial charge in [-0.05, 0) is 0 Å². The number of hydrogen-bond donors (Lipinski definition) is 0. The van der Waals surface area contributed by atoms with Crippen LogP contribution in [-0.2, 0) is 3.53 Å². The molecule has 4 aliphatic rings. The number of rotatable bonds is 2. The molecule has 4 aromatic carbocycles.